The van der Waals surface area contributed by atoms with Gasteiger partial charge in [-0.3, -0.25) is 19.4 Å². The average Bonchev–Trinajstić information content (AvgIpc) is 2.71. The van der Waals surface area contributed by atoms with E-state index in [2.05, 4.69) is 15.9 Å². The van der Waals surface area contributed by atoms with Gasteiger partial charge in [-0.1, -0.05) is 58.4 Å². The van der Waals surface area contributed by atoms with Crippen molar-refractivity contribution in [3.05, 3.63) is 94.7 Å². The van der Waals surface area contributed by atoms with Crippen molar-refractivity contribution in [2.45, 2.75) is 6.04 Å². The third-order valence-electron chi connectivity index (χ3n) is 4.68. The lowest BCUT2D eigenvalue weighted by molar-refractivity contribution is -0.128. The molecule has 1 heterocycles. The molecule has 3 aromatic carbocycles. The van der Waals surface area contributed by atoms with Crippen LogP contribution in [0.2, 0.25) is 0 Å². The number of amides is 2. The van der Waals surface area contributed by atoms with Gasteiger partial charge in [-0.15, -0.1) is 0 Å². The molecule has 0 bridgehead atoms. The highest BCUT2D eigenvalue weighted by Gasteiger charge is 2.42. The highest BCUT2D eigenvalue weighted by molar-refractivity contribution is 9.10. The molecule has 0 aliphatic carbocycles. The number of carbonyl (C=O) groups is 2. The van der Waals surface area contributed by atoms with Gasteiger partial charge in [-0.05, 0) is 42.0 Å². The number of piperazine rings is 1. The summed E-state index contributed by atoms with van der Waals surface area (Å²) in [5.74, 6) is -1.16. The van der Waals surface area contributed by atoms with Crippen LogP contribution >= 0.6 is 15.9 Å². The zero-order valence-corrected chi connectivity index (χ0v) is 16.3. The Labute approximate surface area is 170 Å². The molecule has 0 saturated carbocycles. The van der Waals surface area contributed by atoms with Crippen molar-refractivity contribution in [2.24, 2.45) is 0 Å². The summed E-state index contributed by atoms with van der Waals surface area (Å²) < 4.78 is 15.2. The van der Waals surface area contributed by atoms with Gasteiger partial charge in [0.1, 0.15) is 18.4 Å². The Bertz CT molecular complexity index is 1020. The van der Waals surface area contributed by atoms with E-state index in [1.54, 1.807) is 36.4 Å². The molecule has 6 heteroatoms. The number of hydrogen-bond donors (Lipinski definition) is 0. The third-order valence-corrected chi connectivity index (χ3v) is 5.21. The number of carbonyl (C=O) groups excluding carboxylic acids is 2. The molecule has 28 heavy (non-hydrogen) atoms. The second-order valence-electron chi connectivity index (χ2n) is 6.43. The summed E-state index contributed by atoms with van der Waals surface area (Å²) in [5.41, 5.74) is 1.39. The van der Waals surface area contributed by atoms with E-state index in [0.717, 1.165) is 4.47 Å². The second-order valence-corrected chi connectivity index (χ2v) is 7.34. The van der Waals surface area contributed by atoms with Crippen LogP contribution in [0.25, 0.3) is 0 Å². The van der Waals surface area contributed by atoms with Crippen LogP contribution in [0.1, 0.15) is 11.6 Å². The number of anilines is 2. The van der Waals surface area contributed by atoms with E-state index >= 15 is 0 Å². The van der Waals surface area contributed by atoms with E-state index in [4.69, 9.17) is 0 Å². The lowest BCUT2D eigenvalue weighted by atomic mass is 9.99. The predicted molar refractivity (Wildman–Crippen MR) is 110 cm³/mol. The van der Waals surface area contributed by atoms with Crippen LogP contribution in [0.3, 0.4) is 0 Å². The van der Waals surface area contributed by atoms with Crippen molar-refractivity contribution < 1.29 is 14.0 Å². The standard InChI is InChI=1S/C22H16BrFN2O2/c23-16-10-12-17(13-11-16)26-20(27)14-25(19-9-5-4-8-18(19)24)22(28)21(26)15-6-2-1-3-7-15/h1-13,21H,14H2/t21-/m0/s1. The minimum atomic E-state index is -0.872. The van der Waals surface area contributed by atoms with E-state index in [9.17, 15) is 14.0 Å². The molecule has 140 valence electrons. The zero-order chi connectivity index (χ0) is 19.7. The predicted octanol–water partition coefficient (Wildman–Crippen LogP) is 4.71. The molecule has 4 nitrogen and oxygen atoms in total. The van der Waals surface area contributed by atoms with E-state index in [1.165, 1.54) is 21.9 Å². The van der Waals surface area contributed by atoms with Gasteiger partial charge in [0.2, 0.25) is 5.91 Å². The second kappa shape index (κ2) is 7.56. The largest absolute Gasteiger partial charge is 0.298 e. The summed E-state index contributed by atoms with van der Waals surface area (Å²) in [5, 5.41) is 0. The minimum Gasteiger partial charge on any atom is -0.298 e. The Morgan fingerprint density at radius 1 is 0.857 bits per heavy atom. The Hall–Kier alpha value is -2.99. The van der Waals surface area contributed by atoms with Gasteiger partial charge in [-0.2, -0.15) is 0 Å². The summed E-state index contributed by atoms with van der Waals surface area (Å²) in [6.07, 6.45) is 0. The fourth-order valence-corrected chi connectivity index (χ4v) is 3.65. The molecular weight excluding hydrogens is 423 g/mol. The number of benzene rings is 3. The van der Waals surface area contributed by atoms with Crippen molar-refractivity contribution in [3.63, 3.8) is 0 Å². The van der Waals surface area contributed by atoms with Gasteiger partial charge < -0.3 is 0 Å². The Balaban J connectivity index is 1.82. The molecular formula is C22H16BrFN2O2. The summed E-state index contributed by atoms with van der Waals surface area (Å²) in [4.78, 5) is 29.2. The molecule has 1 atom stereocenters. The molecule has 0 unspecified atom stereocenters. The normalized spacial score (nSPS) is 17.1. The Morgan fingerprint density at radius 3 is 2.18 bits per heavy atom. The summed E-state index contributed by atoms with van der Waals surface area (Å²) in [6.45, 7) is -0.223. The summed E-state index contributed by atoms with van der Waals surface area (Å²) in [7, 11) is 0. The molecule has 2 amide bonds. The third kappa shape index (κ3) is 3.31. The molecule has 1 aliphatic heterocycles. The van der Waals surface area contributed by atoms with Gasteiger partial charge >= 0.3 is 0 Å². The average molecular weight is 439 g/mol. The first-order chi connectivity index (χ1) is 13.6. The van der Waals surface area contributed by atoms with E-state index in [-0.39, 0.29) is 24.0 Å². The molecule has 1 aliphatic rings. The van der Waals surface area contributed by atoms with Gasteiger partial charge in [-0.25, -0.2) is 4.39 Å². The van der Waals surface area contributed by atoms with Crippen LogP contribution in [0, 0.1) is 5.82 Å². The fourth-order valence-electron chi connectivity index (χ4n) is 3.39. The highest BCUT2D eigenvalue weighted by Crippen LogP contribution is 2.35. The maximum atomic E-state index is 14.3. The van der Waals surface area contributed by atoms with Crippen molar-refractivity contribution in [2.75, 3.05) is 16.3 Å². The van der Waals surface area contributed by atoms with Crippen molar-refractivity contribution >= 4 is 39.1 Å². The van der Waals surface area contributed by atoms with Crippen LogP contribution in [0.5, 0.6) is 0 Å². The summed E-state index contributed by atoms with van der Waals surface area (Å²) in [6, 6.07) is 21.4. The van der Waals surface area contributed by atoms with Crippen molar-refractivity contribution in [1.29, 1.82) is 0 Å². The molecule has 0 N–H and O–H groups in total. The summed E-state index contributed by atoms with van der Waals surface area (Å²) >= 11 is 3.38. The van der Waals surface area contributed by atoms with Crippen molar-refractivity contribution in [3.8, 4) is 0 Å². The number of halogens is 2. The lowest BCUT2D eigenvalue weighted by Crippen LogP contribution is -2.56. The lowest BCUT2D eigenvalue weighted by Gasteiger charge is -2.40. The highest BCUT2D eigenvalue weighted by atomic mass is 79.9. The fraction of sp³-hybridized carbons (Fsp3) is 0.0909. The zero-order valence-electron chi connectivity index (χ0n) is 14.8. The van der Waals surface area contributed by atoms with E-state index in [1.807, 2.05) is 30.3 Å². The van der Waals surface area contributed by atoms with Gasteiger partial charge in [0.25, 0.3) is 5.91 Å². The number of rotatable bonds is 3. The maximum absolute atomic E-state index is 14.3. The van der Waals surface area contributed by atoms with Gasteiger partial charge in [0, 0.05) is 10.2 Å². The SMILES string of the molecule is O=C1[C@H](c2ccccc2)N(c2ccc(Br)cc2)C(=O)CN1c1ccccc1F. The molecule has 3 aromatic rings. The molecule has 4 rings (SSSR count). The smallest absolute Gasteiger partial charge is 0.255 e. The minimum absolute atomic E-state index is 0.109. The Morgan fingerprint density at radius 2 is 1.50 bits per heavy atom. The first kappa shape index (κ1) is 18.4. The quantitative estimate of drug-likeness (QED) is 0.593. The maximum Gasteiger partial charge on any atom is 0.255 e. The van der Waals surface area contributed by atoms with E-state index in [0.29, 0.717) is 11.3 Å². The molecule has 0 aromatic heterocycles. The van der Waals surface area contributed by atoms with Gasteiger partial charge in [0.05, 0.1) is 5.69 Å². The molecule has 0 spiro atoms. The number of nitrogens with zero attached hydrogens (tertiary/aromatic N) is 2. The van der Waals surface area contributed by atoms with Crippen LogP contribution in [0.4, 0.5) is 15.8 Å². The van der Waals surface area contributed by atoms with Crippen LogP contribution < -0.4 is 9.80 Å². The molecule has 1 saturated heterocycles. The number of para-hydroxylation sites is 1. The first-order valence-corrected chi connectivity index (χ1v) is 9.54. The van der Waals surface area contributed by atoms with E-state index < -0.39 is 11.9 Å². The Kier molecular flexibility index (Phi) is 4.96. The molecule has 1 fully saturated rings. The first-order valence-electron chi connectivity index (χ1n) is 8.75. The monoisotopic (exact) mass is 438 g/mol. The topological polar surface area (TPSA) is 40.6 Å². The van der Waals surface area contributed by atoms with Crippen LogP contribution in [0.15, 0.2) is 83.3 Å². The van der Waals surface area contributed by atoms with Crippen LogP contribution in [-0.4, -0.2) is 18.4 Å². The number of hydrogen-bond acceptors (Lipinski definition) is 2. The van der Waals surface area contributed by atoms with Crippen LogP contribution in [-0.2, 0) is 9.59 Å². The van der Waals surface area contributed by atoms with Crippen molar-refractivity contribution in [1.82, 2.24) is 0 Å². The molecule has 0 radical (unpaired) electrons. The van der Waals surface area contributed by atoms with Gasteiger partial charge in [0.15, 0.2) is 0 Å².